The van der Waals surface area contributed by atoms with Crippen LogP contribution in [0.15, 0.2) is 12.1 Å². The molecule has 0 saturated carbocycles. The Kier molecular flexibility index (Phi) is 6.43. The Bertz CT molecular complexity index is 433. The number of anilines is 1. The van der Waals surface area contributed by atoms with Gasteiger partial charge in [0.2, 0.25) is 0 Å². The maximum Gasteiger partial charge on any atom is 0.126 e. The average molecular weight is 282 g/mol. The van der Waals surface area contributed by atoms with E-state index in [1.165, 1.54) is 6.07 Å². The van der Waals surface area contributed by atoms with Crippen molar-refractivity contribution >= 4 is 5.69 Å². The quantitative estimate of drug-likeness (QED) is 0.833. The minimum absolute atomic E-state index is 0.256. The van der Waals surface area contributed by atoms with E-state index in [0.29, 0.717) is 11.1 Å². The zero-order chi connectivity index (χ0) is 15.3. The summed E-state index contributed by atoms with van der Waals surface area (Å²) in [5.74, 6) is -0.256. The van der Waals surface area contributed by atoms with E-state index in [0.717, 1.165) is 31.7 Å². The zero-order valence-corrected chi connectivity index (χ0v) is 13.3. The van der Waals surface area contributed by atoms with Crippen LogP contribution in [-0.4, -0.2) is 43.7 Å². The predicted molar refractivity (Wildman–Crippen MR) is 82.8 cm³/mol. The first-order chi connectivity index (χ1) is 9.36. The van der Waals surface area contributed by atoms with Crippen molar-refractivity contribution in [2.24, 2.45) is 0 Å². The molecule has 1 aromatic rings. The molecule has 0 fully saturated rings. The first kappa shape index (κ1) is 16.9. The lowest BCUT2D eigenvalue weighted by Crippen LogP contribution is -2.33. The van der Waals surface area contributed by atoms with Crippen molar-refractivity contribution in [3.63, 3.8) is 0 Å². The summed E-state index contributed by atoms with van der Waals surface area (Å²) < 4.78 is 13.7. The number of benzene rings is 1. The van der Waals surface area contributed by atoms with Crippen LogP contribution in [0.5, 0.6) is 0 Å². The second-order valence-corrected chi connectivity index (χ2v) is 5.63. The van der Waals surface area contributed by atoms with E-state index in [9.17, 15) is 9.50 Å². The van der Waals surface area contributed by atoms with Gasteiger partial charge in [-0.2, -0.15) is 0 Å². The van der Waals surface area contributed by atoms with Crippen molar-refractivity contribution in [1.29, 1.82) is 0 Å². The van der Waals surface area contributed by atoms with E-state index in [1.807, 2.05) is 20.2 Å². The molecule has 0 radical (unpaired) electrons. The fourth-order valence-electron chi connectivity index (χ4n) is 2.23. The molecule has 0 aliphatic heterocycles. The third kappa shape index (κ3) is 4.46. The molecule has 20 heavy (non-hydrogen) atoms. The Morgan fingerprint density at radius 2 is 1.85 bits per heavy atom. The number of halogens is 1. The molecule has 0 heterocycles. The largest absolute Gasteiger partial charge is 0.389 e. The molecule has 1 N–H and O–H groups in total. The summed E-state index contributed by atoms with van der Waals surface area (Å²) in [7, 11) is 4.07. The number of aliphatic hydroxyl groups excluding tert-OH is 1. The van der Waals surface area contributed by atoms with Crippen molar-refractivity contribution in [2.45, 2.75) is 33.3 Å². The van der Waals surface area contributed by atoms with E-state index >= 15 is 0 Å². The Morgan fingerprint density at radius 3 is 2.35 bits per heavy atom. The summed E-state index contributed by atoms with van der Waals surface area (Å²) in [4.78, 5) is 4.36. The van der Waals surface area contributed by atoms with Gasteiger partial charge in [0.15, 0.2) is 0 Å². The first-order valence-corrected chi connectivity index (χ1v) is 7.24. The molecule has 3 nitrogen and oxygen atoms in total. The predicted octanol–water partition coefficient (Wildman–Crippen LogP) is 2.97. The van der Waals surface area contributed by atoms with Gasteiger partial charge in [0, 0.05) is 30.9 Å². The van der Waals surface area contributed by atoms with Crippen LogP contribution >= 0.6 is 0 Å². The van der Waals surface area contributed by atoms with Crippen molar-refractivity contribution in [3.8, 4) is 0 Å². The number of rotatable bonds is 7. The van der Waals surface area contributed by atoms with E-state index < -0.39 is 6.10 Å². The van der Waals surface area contributed by atoms with Gasteiger partial charge in [-0.3, -0.25) is 0 Å². The van der Waals surface area contributed by atoms with E-state index in [1.54, 1.807) is 13.8 Å². The molecule has 0 amide bonds. The Labute approximate surface area is 122 Å². The number of hydrogen-bond acceptors (Lipinski definition) is 3. The van der Waals surface area contributed by atoms with Gasteiger partial charge in [0.25, 0.3) is 0 Å². The molecule has 1 rings (SSSR count). The third-order valence-electron chi connectivity index (χ3n) is 3.41. The molecule has 0 saturated heterocycles. The molecule has 0 unspecified atom stereocenters. The second kappa shape index (κ2) is 7.60. The lowest BCUT2D eigenvalue weighted by atomic mass is 10.0. The fourth-order valence-corrected chi connectivity index (χ4v) is 2.23. The van der Waals surface area contributed by atoms with Gasteiger partial charge in [-0.15, -0.1) is 0 Å². The molecular formula is C16H27FN2O. The molecule has 0 spiro atoms. The first-order valence-electron chi connectivity index (χ1n) is 7.24. The van der Waals surface area contributed by atoms with Gasteiger partial charge >= 0.3 is 0 Å². The van der Waals surface area contributed by atoms with Crippen molar-refractivity contribution in [3.05, 3.63) is 29.1 Å². The highest BCUT2D eigenvalue weighted by Crippen LogP contribution is 2.29. The van der Waals surface area contributed by atoms with Crippen LogP contribution in [0, 0.1) is 12.7 Å². The van der Waals surface area contributed by atoms with Crippen LogP contribution < -0.4 is 4.90 Å². The maximum absolute atomic E-state index is 13.7. The van der Waals surface area contributed by atoms with Crippen molar-refractivity contribution in [1.82, 2.24) is 4.90 Å². The van der Waals surface area contributed by atoms with Gasteiger partial charge in [-0.25, -0.2) is 4.39 Å². The standard InChI is InChI=1S/C16H27FN2O/c1-6-7-19(9-8-18(4)5)16-10-12(2)15(17)11-14(16)13(3)20/h10-11,13,20H,6-9H2,1-5H3/t13-/m0/s1. The summed E-state index contributed by atoms with van der Waals surface area (Å²) in [6, 6.07) is 3.32. The van der Waals surface area contributed by atoms with Crippen LogP contribution in [0.1, 0.15) is 37.5 Å². The summed E-state index contributed by atoms with van der Waals surface area (Å²) in [5, 5.41) is 9.91. The number of aryl methyl sites for hydroxylation is 1. The summed E-state index contributed by atoms with van der Waals surface area (Å²) in [6.45, 7) is 8.27. The van der Waals surface area contributed by atoms with Gasteiger partial charge in [0.1, 0.15) is 5.82 Å². The highest BCUT2D eigenvalue weighted by atomic mass is 19.1. The van der Waals surface area contributed by atoms with Gasteiger partial charge < -0.3 is 14.9 Å². The number of hydrogen-bond donors (Lipinski definition) is 1. The van der Waals surface area contributed by atoms with Crippen molar-refractivity contribution in [2.75, 3.05) is 38.6 Å². The van der Waals surface area contributed by atoms with Crippen molar-refractivity contribution < 1.29 is 9.50 Å². The molecule has 0 bridgehead atoms. The Balaban J connectivity index is 3.13. The van der Waals surface area contributed by atoms with Crippen LogP contribution in [-0.2, 0) is 0 Å². The number of nitrogens with zero attached hydrogens (tertiary/aromatic N) is 2. The van der Waals surface area contributed by atoms with E-state index in [4.69, 9.17) is 0 Å². The molecule has 0 aromatic heterocycles. The topological polar surface area (TPSA) is 26.7 Å². The van der Waals surface area contributed by atoms with Gasteiger partial charge in [-0.05, 0) is 52.1 Å². The molecule has 1 aromatic carbocycles. The van der Waals surface area contributed by atoms with Crippen LogP contribution in [0.25, 0.3) is 0 Å². The number of likely N-dealkylation sites (N-methyl/N-ethyl adjacent to an activating group) is 1. The molecule has 1 atom stereocenters. The Morgan fingerprint density at radius 1 is 1.20 bits per heavy atom. The molecule has 114 valence electrons. The molecular weight excluding hydrogens is 255 g/mol. The third-order valence-corrected chi connectivity index (χ3v) is 3.41. The minimum Gasteiger partial charge on any atom is -0.389 e. The highest BCUT2D eigenvalue weighted by Gasteiger charge is 2.16. The number of aliphatic hydroxyl groups is 1. The van der Waals surface area contributed by atoms with Crippen LogP contribution in [0.4, 0.5) is 10.1 Å². The monoisotopic (exact) mass is 282 g/mol. The highest BCUT2D eigenvalue weighted by molar-refractivity contribution is 5.56. The second-order valence-electron chi connectivity index (χ2n) is 5.63. The summed E-state index contributed by atoms with van der Waals surface area (Å²) in [6.07, 6.45) is 0.349. The maximum atomic E-state index is 13.7. The smallest absolute Gasteiger partial charge is 0.126 e. The fraction of sp³-hybridized carbons (Fsp3) is 0.625. The average Bonchev–Trinajstić information content (AvgIpc) is 2.37. The zero-order valence-electron chi connectivity index (χ0n) is 13.3. The SMILES string of the molecule is CCCN(CCN(C)C)c1cc(C)c(F)cc1[C@H](C)O. The van der Waals surface area contributed by atoms with E-state index in [-0.39, 0.29) is 5.82 Å². The minimum atomic E-state index is -0.668. The lowest BCUT2D eigenvalue weighted by molar-refractivity contribution is 0.199. The molecule has 4 heteroatoms. The lowest BCUT2D eigenvalue weighted by Gasteiger charge is -2.29. The molecule has 0 aliphatic rings. The van der Waals surface area contributed by atoms with Gasteiger partial charge in [-0.1, -0.05) is 6.92 Å². The van der Waals surface area contributed by atoms with Gasteiger partial charge in [0.05, 0.1) is 6.10 Å². The van der Waals surface area contributed by atoms with Crippen LogP contribution in [0.2, 0.25) is 0 Å². The normalized spacial score (nSPS) is 12.8. The molecule has 0 aliphatic carbocycles. The van der Waals surface area contributed by atoms with Crippen LogP contribution in [0.3, 0.4) is 0 Å². The Hall–Kier alpha value is -1.13. The summed E-state index contributed by atoms with van der Waals surface area (Å²) in [5.41, 5.74) is 2.23. The summed E-state index contributed by atoms with van der Waals surface area (Å²) >= 11 is 0. The van der Waals surface area contributed by atoms with E-state index in [2.05, 4.69) is 16.7 Å².